The molecule has 0 saturated carbocycles. The summed E-state index contributed by atoms with van der Waals surface area (Å²) < 4.78 is 0.898. The zero-order valence-electron chi connectivity index (χ0n) is 20.4. The van der Waals surface area contributed by atoms with Gasteiger partial charge in [-0.15, -0.1) is 0 Å². The topological polar surface area (TPSA) is 142 Å². The van der Waals surface area contributed by atoms with Crippen molar-refractivity contribution < 1.29 is 14.7 Å². The fraction of sp³-hybridized carbons (Fsp3) is 0.280. The standard InChI is InChI=1S/C25H27N7O3S/c1-5-26-23(35)31-24-30-19-11-15(10-17(20(19)36-24)18-8-6-7-9-27-18)16-12-28-22(29-13-16)25(3,4)32-14(2)21(33)34/h6-14,32H,5H2,1-4H3,(H,33,34)(H2,26,30,31,35)/t14-/m0/s1. The van der Waals surface area contributed by atoms with Gasteiger partial charge in [0, 0.05) is 36.3 Å². The van der Waals surface area contributed by atoms with Crippen molar-refractivity contribution in [2.45, 2.75) is 39.3 Å². The molecular weight excluding hydrogens is 478 g/mol. The average Bonchev–Trinajstić information content (AvgIpc) is 3.26. The number of carboxylic acids is 1. The first-order chi connectivity index (χ1) is 17.2. The Morgan fingerprint density at radius 1 is 1.11 bits per heavy atom. The predicted octanol–water partition coefficient (Wildman–Crippen LogP) is 4.25. The lowest BCUT2D eigenvalue weighted by molar-refractivity contribution is -0.139. The Bertz CT molecular complexity index is 1390. The van der Waals surface area contributed by atoms with Crippen molar-refractivity contribution in [2.24, 2.45) is 0 Å². The van der Waals surface area contributed by atoms with E-state index in [1.165, 1.54) is 11.3 Å². The lowest BCUT2D eigenvalue weighted by Crippen LogP contribution is -2.47. The molecule has 11 heteroatoms. The molecule has 0 aliphatic heterocycles. The lowest BCUT2D eigenvalue weighted by atomic mass is 10.0. The Morgan fingerprint density at radius 2 is 1.86 bits per heavy atom. The number of carbonyl (C=O) groups is 2. The highest BCUT2D eigenvalue weighted by molar-refractivity contribution is 7.22. The molecule has 0 fully saturated rings. The van der Waals surface area contributed by atoms with E-state index in [2.05, 4.69) is 35.9 Å². The summed E-state index contributed by atoms with van der Waals surface area (Å²) in [7, 11) is 0. The number of carboxylic acid groups (broad SMARTS) is 1. The number of anilines is 1. The molecule has 3 heterocycles. The first kappa shape index (κ1) is 25.1. The summed E-state index contributed by atoms with van der Waals surface area (Å²) in [4.78, 5) is 41.5. The molecule has 2 amide bonds. The minimum absolute atomic E-state index is 0.311. The number of nitrogens with one attached hydrogen (secondary N) is 3. The minimum Gasteiger partial charge on any atom is -0.480 e. The van der Waals surface area contributed by atoms with Crippen LogP contribution >= 0.6 is 11.3 Å². The van der Waals surface area contributed by atoms with Crippen LogP contribution in [0.2, 0.25) is 0 Å². The second-order valence-corrected chi connectivity index (χ2v) is 9.71. The van der Waals surface area contributed by atoms with Gasteiger partial charge in [-0.2, -0.15) is 0 Å². The number of nitrogens with zero attached hydrogens (tertiary/aromatic N) is 4. The van der Waals surface area contributed by atoms with E-state index in [-0.39, 0.29) is 6.03 Å². The van der Waals surface area contributed by atoms with Gasteiger partial charge in [0.05, 0.1) is 21.4 Å². The number of carbonyl (C=O) groups excluding carboxylic acids is 1. The molecule has 4 aromatic rings. The van der Waals surface area contributed by atoms with Gasteiger partial charge in [0.1, 0.15) is 11.9 Å². The number of pyridine rings is 1. The van der Waals surface area contributed by atoms with Gasteiger partial charge in [-0.05, 0) is 57.5 Å². The molecule has 1 aromatic carbocycles. The van der Waals surface area contributed by atoms with Crippen LogP contribution in [0, 0.1) is 0 Å². The summed E-state index contributed by atoms with van der Waals surface area (Å²) in [6.45, 7) is 7.62. The van der Waals surface area contributed by atoms with Crippen molar-refractivity contribution in [2.75, 3.05) is 11.9 Å². The summed E-state index contributed by atoms with van der Waals surface area (Å²) in [5, 5.41) is 18.2. The van der Waals surface area contributed by atoms with Crippen molar-refractivity contribution in [3.8, 4) is 22.4 Å². The maximum atomic E-state index is 12.0. The SMILES string of the molecule is CCNC(=O)Nc1nc2cc(-c3cnc(C(C)(C)N[C@@H](C)C(=O)O)nc3)cc(-c3ccccn3)c2s1. The van der Waals surface area contributed by atoms with E-state index < -0.39 is 17.6 Å². The average molecular weight is 506 g/mol. The fourth-order valence-corrected chi connectivity index (χ4v) is 4.70. The largest absolute Gasteiger partial charge is 0.480 e. The Kier molecular flexibility index (Phi) is 7.22. The number of amides is 2. The van der Waals surface area contributed by atoms with Gasteiger partial charge in [0.25, 0.3) is 0 Å². The maximum Gasteiger partial charge on any atom is 0.321 e. The molecule has 3 aromatic heterocycles. The van der Waals surface area contributed by atoms with Gasteiger partial charge in [0.2, 0.25) is 0 Å². The van der Waals surface area contributed by atoms with E-state index in [1.54, 1.807) is 25.5 Å². The van der Waals surface area contributed by atoms with E-state index in [0.29, 0.717) is 23.0 Å². The van der Waals surface area contributed by atoms with Crippen LogP contribution in [0.4, 0.5) is 9.93 Å². The zero-order chi connectivity index (χ0) is 25.9. The second kappa shape index (κ2) is 10.3. The van der Waals surface area contributed by atoms with Crippen molar-refractivity contribution in [3.63, 3.8) is 0 Å². The van der Waals surface area contributed by atoms with Crippen LogP contribution < -0.4 is 16.0 Å². The summed E-state index contributed by atoms with van der Waals surface area (Å²) in [6.07, 6.45) is 5.15. The van der Waals surface area contributed by atoms with Crippen molar-refractivity contribution >= 4 is 38.7 Å². The van der Waals surface area contributed by atoms with Crippen LogP contribution in [0.5, 0.6) is 0 Å². The van der Waals surface area contributed by atoms with E-state index in [4.69, 9.17) is 0 Å². The van der Waals surface area contributed by atoms with Gasteiger partial charge in [0.15, 0.2) is 5.13 Å². The summed E-state index contributed by atoms with van der Waals surface area (Å²) in [6, 6.07) is 8.56. The van der Waals surface area contributed by atoms with Gasteiger partial charge >= 0.3 is 12.0 Å². The first-order valence-corrected chi connectivity index (χ1v) is 12.2. The quantitative estimate of drug-likeness (QED) is 0.278. The highest BCUT2D eigenvalue weighted by atomic mass is 32.1. The second-order valence-electron chi connectivity index (χ2n) is 8.72. The van der Waals surface area contributed by atoms with Crippen LogP contribution in [-0.4, -0.2) is 49.6 Å². The zero-order valence-corrected chi connectivity index (χ0v) is 21.2. The minimum atomic E-state index is -0.945. The van der Waals surface area contributed by atoms with Crippen LogP contribution in [0.25, 0.3) is 32.6 Å². The number of hydrogen-bond acceptors (Lipinski definition) is 8. The number of rotatable bonds is 8. The molecule has 0 spiro atoms. The van der Waals surface area contributed by atoms with Gasteiger partial charge < -0.3 is 10.4 Å². The molecule has 0 aliphatic rings. The Labute approximate surface area is 212 Å². The molecule has 0 aliphatic carbocycles. The summed E-state index contributed by atoms with van der Waals surface area (Å²) in [5.41, 5.74) is 3.24. The lowest BCUT2D eigenvalue weighted by Gasteiger charge is -2.27. The Hall–Kier alpha value is -3.96. The predicted molar refractivity (Wildman–Crippen MR) is 140 cm³/mol. The van der Waals surface area contributed by atoms with Crippen molar-refractivity contribution in [1.29, 1.82) is 0 Å². The number of thiazole rings is 1. The van der Waals surface area contributed by atoms with Crippen LogP contribution in [-0.2, 0) is 10.3 Å². The van der Waals surface area contributed by atoms with Gasteiger partial charge in [-0.1, -0.05) is 17.4 Å². The molecule has 186 valence electrons. The molecule has 36 heavy (non-hydrogen) atoms. The smallest absolute Gasteiger partial charge is 0.321 e. The number of hydrogen-bond donors (Lipinski definition) is 4. The highest BCUT2D eigenvalue weighted by Crippen LogP contribution is 2.38. The first-order valence-electron chi connectivity index (χ1n) is 11.4. The molecule has 4 rings (SSSR count). The molecule has 0 radical (unpaired) electrons. The molecular formula is C25H27N7O3S. The number of aromatic nitrogens is 4. The van der Waals surface area contributed by atoms with Crippen LogP contribution in [0.1, 0.15) is 33.5 Å². The molecule has 0 saturated heterocycles. The van der Waals surface area contributed by atoms with E-state index in [9.17, 15) is 14.7 Å². The van der Waals surface area contributed by atoms with Gasteiger partial charge in [-0.25, -0.2) is 19.7 Å². The third kappa shape index (κ3) is 5.47. The number of benzene rings is 1. The fourth-order valence-electron chi connectivity index (χ4n) is 3.73. The van der Waals surface area contributed by atoms with Gasteiger partial charge in [-0.3, -0.25) is 20.4 Å². The molecule has 0 bridgehead atoms. The van der Waals surface area contributed by atoms with E-state index in [0.717, 1.165) is 27.1 Å². The van der Waals surface area contributed by atoms with Crippen LogP contribution in [0.15, 0.2) is 48.9 Å². The third-order valence-corrected chi connectivity index (χ3v) is 6.50. The summed E-state index contributed by atoms with van der Waals surface area (Å²) in [5.74, 6) is -0.466. The monoisotopic (exact) mass is 505 g/mol. The van der Waals surface area contributed by atoms with E-state index in [1.807, 2.05) is 51.1 Å². The maximum absolute atomic E-state index is 12.0. The van der Waals surface area contributed by atoms with Crippen molar-refractivity contribution in [1.82, 2.24) is 30.6 Å². The number of fused-ring (bicyclic) bond motifs is 1. The number of urea groups is 1. The molecule has 0 unspecified atom stereocenters. The summed E-state index contributed by atoms with van der Waals surface area (Å²) >= 11 is 1.38. The Morgan fingerprint density at radius 3 is 2.50 bits per heavy atom. The molecule has 1 atom stereocenters. The third-order valence-electron chi connectivity index (χ3n) is 5.48. The van der Waals surface area contributed by atoms with E-state index >= 15 is 0 Å². The number of aliphatic carboxylic acids is 1. The van der Waals surface area contributed by atoms with Crippen molar-refractivity contribution in [3.05, 3.63) is 54.7 Å². The molecule has 4 N–H and O–H groups in total. The Balaban J connectivity index is 1.73. The van der Waals surface area contributed by atoms with Crippen LogP contribution in [0.3, 0.4) is 0 Å². The normalized spacial score (nSPS) is 12.3. The molecule has 10 nitrogen and oxygen atoms in total. The highest BCUT2D eigenvalue weighted by Gasteiger charge is 2.28.